The fourth-order valence-electron chi connectivity index (χ4n) is 2.73. The molecule has 0 atom stereocenters. The third-order valence-corrected chi connectivity index (χ3v) is 3.69. The van der Waals surface area contributed by atoms with Crippen molar-refractivity contribution in [2.24, 2.45) is 5.84 Å². The predicted molar refractivity (Wildman–Crippen MR) is 55.7 cm³/mol. The molecule has 15 heavy (non-hydrogen) atoms. The Kier molecular flexibility index (Phi) is 2.84. The molecule has 5 nitrogen and oxygen atoms in total. The van der Waals surface area contributed by atoms with Crippen molar-refractivity contribution in [1.29, 1.82) is 0 Å². The summed E-state index contributed by atoms with van der Waals surface area (Å²) >= 11 is 0. The average Bonchev–Trinajstić information content (AvgIpc) is 2.12. The van der Waals surface area contributed by atoms with Gasteiger partial charge in [-0.05, 0) is 34.1 Å². The van der Waals surface area contributed by atoms with Crippen LogP contribution in [0.25, 0.3) is 0 Å². The van der Waals surface area contributed by atoms with Crippen LogP contribution in [0.3, 0.4) is 0 Å². The van der Waals surface area contributed by atoms with Crippen molar-refractivity contribution < 1.29 is 14.6 Å². The van der Waals surface area contributed by atoms with Crippen LogP contribution in [0.15, 0.2) is 0 Å². The number of quaternary nitrogens is 1. The summed E-state index contributed by atoms with van der Waals surface area (Å²) in [7, 11) is 0. The van der Waals surface area contributed by atoms with Gasteiger partial charge >= 0.3 is 6.03 Å². The molecule has 1 aliphatic rings. The van der Waals surface area contributed by atoms with E-state index in [0.29, 0.717) is 0 Å². The maximum atomic E-state index is 12.8. The molecule has 0 aliphatic carbocycles. The van der Waals surface area contributed by atoms with Gasteiger partial charge in [0.15, 0.2) is 0 Å². The normalized spacial score (nSPS) is 27.1. The smallest absolute Gasteiger partial charge is 0.243 e. The van der Waals surface area contributed by atoms with E-state index in [9.17, 15) is 10.0 Å². The van der Waals surface area contributed by atoms with Crippen molar-refractivity contribution in [3.63, 3.8) is 0 Å². The van der Waals surface area contributed by atoms with Gasteiger partial charge in [0.1, 0.15) is 11.1 Å². The maximum Gasteiger partial charge on any atom is 0.466 e. The number of hydroxylamine groups is 3. The number of amides is 2. The molecular weight excluding hydrogens is 194 g/mol. The number of carbonyl (C=O) groups excluding carboxylic acids is 1. The molecule has 0 saturated carbocycles. The number of hydrogen-bond donors (Lipinski definition) is 2. The quantitative estimate of drug-likeness (QED) is 0.278. The molecule has 1 rings (SSSR count). The van der Waals surface area contributed by atoms with Crippen molar-refractivity contribution in [3.05, 3.63) is 0 Å². The summed E-state index contributed by atoms with van der Waals surface area (Å²) in [6.07, 6.45) is 2.46. The van der Waals surface area contributed by atoms with Gasteiger partial charge in [-0.1, -0.05) is 4.65 Å². The fourth-order valence-corrected chi connectivity index (χ4v) is 2.73. The number of nitrogens with one attached hydrogen (secondary N) is 1. The maximum absolute atomic E-state index is 12.8. The van der Waals surface area contributed by atoms with Crippen LogP contribution < -0.4 is 11.3 Å². The van der Waals surface area contributed by atoms with Gasteiger partial charge in [0, 0.05) is 18.0 Å². The van der Waals surface area contributed by atoms with Crippen LogP contribution in [0.5, 0.6) is 0 Å². The molecule has 1 aliphatic heterocycles. The second-order valence-corrected chi connectivity index (χ2v) is 5.54. The zero-order valence-corrected chi connectivity index (χ0v) is 9.96. The molecule has 1 heterocycles. The van der Waals surface area contributed by atoms with Crippen LogP contribution in [-0.2, 0) is 5.21 Å². The molecule has 87 valence electrons. The molecule has 3 N–H and O–H groups in total. The van der Waals surface area contributed by atoms with Crippen LogP contribution in [0.1, 0.15) is 47.0 Å². The highest BCUT2D eigenvalue weighted by Gasteiger charge is 2.64. The molecule has 1 fully saturated rings. The molecular formula is C10H21N3O2+. The Labute approximate surface area is 90.8 Å². The second-order valence-electron chi connectivity index (χ2n) is 5.54. The van der Waals surface area contributed by atoms with Gasteiger partial charge in [0.2, 0.25) is 0 Å². The van der Waals surface area contributed by atoms with Gasteiger partial charge in [-0.2, -0.15) is 0 Å². The topological polar surface area (TPSA) is 75.0 Å². The zero-order valence-electron chi connectivity index (χ0n) is 9.96. The summed E-state index contributed by atoms with van der Waals surface area (Å²) in [5.74, 6) is 5.12. The summed E-state index contributed by atoms with van der Waals surface area (Å²) in [4.78, 5) is 11.7. The van der Waals surface area contributed by atoms with Gasteiger partial charge in [-0.3, -0.25) is 0 Å². The minimum Gasteiger partial charge on any atom is -0.243 e. The average molecular weight is 215 g/mol. The van der Waals surface area contributed by atoms with Crippen LogP contribution in [0.2, 0.25) is 0 Å². The molecule has 0 bridgehead atoms. The number of carbonyl (C=O) groups is 1. The van der Waals surface area contributed by atoms with Crippen molar-refractivity contribution in [2.45, 2.75) is 58.0 Å². The molecule has 5 heteroatoms. The number of nitrogens with two attached hydrogens (primary N) is 1. The van der Waals surface area contributed by atoms with E-state index < -0.39 is 21.8 Å². The number of urea groups is 1. The number of hydrazine groups is 1. The Balaban J connectivity index is 3.21. The lowest BCUT2D eigenvalue weighted by atomic mass is 9.79. The highest BCUT2D eigenvalue weighted by molar-refractivity contribution is 5.66. The van der Waals surface area contributed by atoms with Crippen molar-refractivity contribution in [3.8, 4) is 0 Å². The molecule has 1 radical (unpaired) electrons. The van der Waals surface area contributed by atoms with Crippen LogP contribution in [-0.4, -0.2) is 21.8 Å². The van der Waals surface area contributed by atoms with Gasteiger partial charge in [-0.25, -0.2) is 16.1 Å². The minimum absolute atomic E-state index is 0.620. The van der Waals surface area contributed by atoms with E-state index in [0.717, 1.165) is 19.3 Å². The third-order valence-electron chi connectivity index (χ3n) is 3.69. The van der Waals surface area contributed by atoms with E-state index in [-0.39, 0.29) is 0 Å². The molecule has 1 saturated heterocycles. The van der Waals surface area contributed by atoms with Crippen LogP contribution in [0, 0.1) is 0 Å². The standard InChI is InChI=1S/C10H21N3O2/c1-9(2)6-5-7-10(3,4)13(9,15)8(14)12-11/h5-7,11H2,1-4H3,(H,12,14)/q+1. The van der Waals surface area contributed by atoms with Gasteiger partial charge < -0.3 is 0 Å². The Morgan fingerprint density at radius 1 is 1.20 bits per heavy atom. The summed E-state index contributed by atoms with van der Waals surface area (Å²) in [5, 5.41) is 12.8. The molecule has 0 aromatic rings. The third kappa shape index (κ3) is 1.55. The molecule has 0 aromatic heterocycles. The van der Waals surface area contributed by atoms with Gasteiger partial charge in [-0.15, -0.1) is 0 Å². The van der Waals surface area contributed by atoms with E-state index in [4.69, 9.17) is 5.84 Å². The number of nitrogens with zero attached hydrogens (tertiary/aromatic N) is 1. The van der Waals surface area contributed by atoms with E-state index in [1.54, 1.807) is 0 Å². The van der Waals surface area contributed by atoms with E-state index in [2.05, 4.69) is 0 Å². The van der Waals surface area contributed by atoms with Gasteiger partial charge in [0.25, 0.3) is 0 Å². The Bertz CT molecular complexity index is 258. The highest BCUT2D eigenvalue weighted by atomic mass is 16.6. The number of hydrogen-bond acceptors (Lipinski definition) is 2. The molecule has 0 unspecified atom stereocenters. The summed E-state index contributed by atoms with van der Waals surface area (Å²) in [5.41, 5.74) is 0.768. The number of piperidine rings is 1. The molecule has 0 spiro atoms. The van der Waals surface area contributed by atoms with Gasteiger partial charge in [0.05, 0.1) is 0 Å². The first-order valence-electron chi connectivity index (χ1n) is 5.30. The van der Waals surface area contributed by atoms with Crippen LogP contribution in [0.4, 0.5) is 4.79 Å². The summed E-state index contributed by atoms with van der Waals surface area (Å²) in [6.45, 7) is 7.32. The summed E-state index contributed by atoms with van der Waals surface area (Å²) in [6, 6.07) is -0.648. The van der Waals surface area contributed by atoms with Crippen molar-refractivity contribution in [1.82, 2.24) is 5.43 Å². The predicted octanol–water partition coefficient (Wildman–Crippen LogP) is 1.47. The Morgan fingerprint density at radius 2 is 1.60 bits per heavy atom. The fraction of sp³-hybridized carbons (Fsp3) is 0.900. The zero-order chi connectivity index (χ0) is 11.9. The lowest BCUT2D eigenvalue weighted by Gasteiger charge is -2.50. The highest BCUT2D eigenvalue weighted by Crippen LogP contribution is 2.44. The monoisotopic (exact) mass is 215 g/mol. The SMILES string of the molecule is CC1(C)CCCC(C)(C)[N+]1([O])C(=O)NN. The first-order valence-corrected chi connectivity index (χ1v) is 5.30. The number of likely N-dealkylation sites (tertiary alicyclic amines) is 1. The largest absolute Gasteiger partial charge is 0.466 e. The first kappa shape index (κ1) is 12.4. The molecule has 0 aromatic carbocycles. The minimum atomic E-state index is -0.892. The second kappa shape index (κ2) is 3.43. The molecule has 2 amide bonds. The van der Waals surface area contributed by atoms with E-state index in [1.807, 2.05) is 33.1 Å². The van der Waals surface area contributed by atoms with Crippen molar-refractivity contribution >= 4 is 6.03 Å². The first-order chi connectivity index (χ1) is 6.69. The summed E-state index contributed by atoms with van der Waals surface area (Å²) < 4.78 is -0.892. The Morgan fingerprint density at radius 3 is 1.93 bits per heavy atom. The lowest BCUT2D eigenvalue weighted by molar-refractivity contribution is -1.14. The lowest BCUT2D eigenvalue weighted by Crippen LogP contribution is -2.75. The van der Waals surface area contributed by atoms with E-state index >= 15 is 0 Å². The van der Waals surface area contributed by atoms with Crippen molar-refractivity contribution in [2.75, 3.05) is 0 Å². The van der Waals surface area contributed by atoms with E-state index in [1.165, 1.54) is 0 Å². The van der Waals surface area contributed by atoms with Crippen LogP contribution >= 0.6 is 0 Å². The Hall–Kier alpha value is -0.650. The number of rotatable bonds is 0.